The molecule has 0 spiro atoms. The van der Waals surface area contributed by atoms with Gasteiger partial charge < -0.3 is 9.88 Å². The first-order valence-electron chi connectivity index (χ1n) is 10.5. The highest BCUT2D eigenvalue weighted by Crippen LogP contribution is 2.34. The third-order valence-corrected chi connectivity index (χ3v) is 6.74. The van der Waals surface area contributed by atoms with Crippen molar-refractivity contribution in [2.45, 2.75) is 42.6 Å². The van der Waals surface area contributed by atoms with Gasteiger partial charge in [-0.05, 0) is 43.2 Å². The Morgan fingerprint density at radius 1 is 1.19 bits per heavy atom. The summed E-state index contributed by atoms with van der Waals surface area (Å²) in [6, 6.07) is 14.9. The molecule has 162 valence electrons. The van der Waals surface area contributed by atoms with E-state index in [1.165, 1.54) is 23.3 Å². The molecule has 1 fully saturated rings. The number of aryl methyl sites for hydroxylation is 1. The number of nitrogens with one attached hydrogen (secondary N) is 1. The maximum atomic E-state index is 13.2. The summed E-state index contributed by atoms with van der Waals surface area (Å²) in [6.45, 7) is 4.89. The number of halogens is 1. The molecule has 0 unspecified atom stereocenters. The van der Waals surface area contributed by atoms with Crippen LogP contribution in [0.5, 0.6) is 0 Å². The minimum Gasteiger partial charge on any atom is -0.353 e. The molecular weight excluding hydrogens is 411 g/mol. The van der Waals surface area contributed by atoms with Crippen LogP contribution in [0.1, 0.15) is 17.5 Å². The zero-order chi connectivity index (χ0) is 21.6. The molecule has 1 aliphatic heterocycles. The van der Waals surface area contributed by atoms with E-state index in [4.69, 9.17) is 0 Å². The lowest BCUT2D eigenvalue weighted by Crippen LogP contribution is -2.43. The first-order chi connectivity index (χ1) is 15.1. The highest BCUT2D eigenvalue weighted by molar-refractivity contribution is 8.00. The van der Waals surface area contributed by atoms with Crippen LogP contribution < -0.4 is 5.32 Å². The van der Waals surface area contributed by atoms with E-state index in [0.29, 0.717) is 13.1 Å². The largest absolute Gasteiger partial charge is 0.353 e. The normalized spacial score (nSPS) is 18.9. The zero-order valence-electron chi connectivity index (χ0n) is 17.6. The van der Waals surface area contributed by atoms with Gasteiger partial charge >= 0.3 is 0 Å². The SMILES string of the molecule is Cc1ccc(CN2C[C@H](Sc3ccc(F)cc3)C[C@H]2C(=O)NCCn2ccnc2)cc1. The fourth-order valence-corrected chi connectivity index (χ4v) is 5.10. The molecule has 5 nitrogen and oxygen atoms in total. The third kappa shape index (κ3) is 5.95. The molecule has 0 aliphatic carbocycles. The van der Waals surface area contributed by atoms with Crippen LogP contribution in [0.3, 0.4) is 0 Å². The molecule has 3 aromatic rings. The fraction of sp³-hybridized carbons (Fsp3) is 0.333. The topological polar surface area (TPSA) is 50.2 Å². The molecule has 1 amide bonds. The van der Waals surface area contributed by atoms with Crippen LogP contribution in [0, 0.1) is 12.7 Å². The van der Waals surface area contributed by atoms with Crippen molar-refractivity contribution in [3.8, 4) is 0 Å². The first kappa shape index (κ1) is 21.6. The highest BCUT2D eigenvalue weighted by Gasteiger charge is 2.37. The van der Waals surface area contributed by atoms with Gasteiger partial charge in [0.15, 0.2) is 0 Å². The summed E-state index contributed by atoms with van der Waals surface area (Å²) >= 11 is 1.72. The minimum atomic E-state index is -0.230. The number of hydrogen-bond acceptors (Lipinski definition) is 4. The van der Waals surface area contributed by atoms with Gasteiger partial charge in [-0.1, -0.05) is 29.8 Å². The maximum Gasteiger partial charge on any atom is 0.237 e. The van der Waals surface area contributed by atoms with Gasteiger partial charge in [0.2, 0.25) is 5.91 Å². The van der Waals surface area contributed by atoms with E-state index in [9.17, 15) is 9.18 Å². The molecule has 31 heavy (non-hydrogen) atoms. The number of nitrogens with zero attached hydrogens (tertiary/aromatic N) is 3. The Kier molecular flexibility index (Phi) is 7.04. The summed E-state index contributed by atoms with van der Waals surface area (Å²) in [4.78, 5) is 20.4. The standard InChI is InChI=1S/C24H27FN4OS/c1-18-2-4-19(5-3-18)15-29-16-22(31-21-8-6-20(25)7-9-21)14-23(29)24(30)27-11-13-28-12-10-26-17-28/h2-10,12,17,22-23H,11,13-16H2,1H3,(H,27,30)/t22-,23+/m1/s1. The van der Waals surface area contributed by atoms with Gasteiger partial charge in [0.1, 0.15) is 5.82 Å². The van der Waals surface area contributed by atoms with Crippen molar-refractivity contribution in [3.05, 3.63) is 84.2 Å². The smallest absolute Gasteiger partial charge is 0.237 e. The molecule has 1 aromatic heterocycles. The van der Waals surface area contributed by atoms with E-state index in [0.717, 1.165) is 24.4 Å². The molecule has 0 saturated carbocycles. The van der Waals surface area contributed by atoms with Crippen LogP contribution in [0.2, 0.25) is 0 Å². The van der Waals surface area contributed by atoms with E-state index in [-0.39, 0.29) is 23.0 Å². The summed E-state index contributed by atoms with van der Waals surface area (Å²) in [7, 11) is 0. The van der Waals surface area contributed by atoms with Gasteiger partial charge in [0, 0.05) is 48.7 Å². The number of carbonyl (C=O) groups excluding carboxylic acids is 1. The highest BCUT2D eigenvalue weighted by atomic mass is 32.2. The zero-order valence-corrected chi connectivity index (χ0v) is 18.4. The van der Waals surface area contributed by atoms with Crippen LogP contribution in [0.25, 0.3) is 0 Å². The van der Waals surface area contributed by atoms with Crippen molar-refractivity contribution in [2.24, 2.45) is 0 Å². The molecule has 1 N–H and O–H groups in total. The Labute approximate surface area is 186 Å². The molecule has 1 saturated heterocycles. The minimum absolute atomic E-state index is 0.0643. The molecule has 4 rings (SSSR count). The summed E-state index contributed by atoms with van der Waals surface area (Å²) in [5.74, 6) is -0.165. The lowest BCUT2D eigenvalue weighted by molar-refractivity contribution is -0.125. The monoisotopic (exact) mass is 438 g/mol. The second-order valence-electron chi connectivity index (χ2n) is 7.95. The number of benzene rings is 2. The lowest BCUT2D eigenvalue weighted by Gasteiger charge is -2.23. The van der Waals surface area contributed by atoms with Crippen molar-refractivity contribution in [2.75, 3.05) is 13.1 Å². The number of likely N-dealkylation sites (tertiary alicyclic amines) is 1. The predicted molar refractivity (Wildman–Crippen MR) is 121 cm³/mol. The summed E-state index contributed by atoms with van der Waals surface area (Å²) in [5.41, 5.74) is 2.43. The van der Waals surface area contributed by atoms with Crippen molar-refractivity contribution in [1.82, 2.24) is 19.8 Å². The van der Waals surface area contributed by atoms with Crippen LogP contribution in [-0.2, 0) is 17.9 Å². The Hall–Kier alpha value is -2.64. The second-order valence-corrected chi connectivity index (χ2v) is 9.33. The Bertz CT molecular complexity index is 976. The van der Waals surface area contributed by atoms with E-state index in [1.54, 1.807) is 24.3 Å². The van der Waals surface area contributed by atoms with Gasteiger partial charge in [-0.15, -0.1) is 11.8 Å². The average Bonchev–Trinajstić information content (AvgIpc) is 3.41. The quantitative estimate of drug-likeness (QED) is 0.580. The van der Waals surface area contributed by atoms with Crippen molar-refractivity contribution in [1.29, 1.82) is 0 Å². The summed E-state index contributed by atoms with van der Waals surface area (Å²) in [5, 5.41) is 3.37. The van der Waals surface area contributed by atoms with Crippen LogP contribution >= 0.6 is 11.8 Å². The number of imidazole rings is 1. The number of thioether (sulfide) groups is 1. The molecular formula is C24H27FN4OS. The lowest BCUT2D eigenvalue weighted by atomic mass is 10.1. The summed E-state index contributed by atoms with van der Waals surface area (Å²) in [6.07, 6.45) is 6.14. The van der Waals surface area contributed by atoms with Crippen LogP contribution in [-0.4, -0.2) is 44.7 Å². The van der Waals surface area contributed by atoms with E-state index in [2.05, 4.69) is 46.4 Å². The fourth-order valence-electron chi connectivity index (χ4n) is 3.87. The van der Waals surface area contributed by atoms with E-state index in [1.807, 2.05) is 22.9 Å². The Balaban J connectivity index is 1.41. The molecule has 2 aromatic carbocycles. The molecule has 2 atom stereocenters. The van der Waals surface area contributed by atoms with Crippen molar-refractivity contribution >= 4 is 17.7 Å². The predicted octanol–water partition coefficient (Wildman–Crippen LogP) is 3.88. The molecule has 0 radical (unpaired) electrons. The van der Waals surface area contributed by atoms with Gasteiger partial charge in [0.25, 0.3) is 0 Å². The van der Waals surface area contributed by atoms with Crippen molar-refractivity contribution in [3.63, 3.8) is 0 Å². The Morgan fingerprint density at radius 2 is 1.97 bits per heavy atom. The maximum absolute atomic E-state index is 13.2. The number of amides is 1. The first-order valence-corrected chi connectivity index (χ1v) is 11.4. The number of rotatable bonds is 8. The van der Waals surface area contributed by atoms with E-state index < -0.39 is 0 Å². The van der Waals surface area contributed by atoms with Crippen LogP contribution in [0.15, 0.2) is 72.1 Å². The molecule has 1 aliphatic rings. The Morgan fingerprint density at radius 3 is 2.68 bits per heavy atom. The number of carbonyl (C=O) groups is 1. The number of aromatic nitrogens is 2. The third-order valence-electron chi connectivity index (χ3n) is 5.52. The molecule has 0 bridgehead atoms. The van der Waals surface area contributed by atoms with Gasteiger partial charge in [-0.3, -0.25) is 9.69 Å². The van der Waals surface area contributed by atoms with Gasteiger partial charge in [0.05, 0.1) is 12.4 Å². The number of hydrogen-bond donors (Lipinski definition) is 1. The average molecular weight is 439 g/mol. The summed E-state index contributed by atoms with van der Waals surface area (Å²) < 4.78 is 15.2. The second kappa shape index (κ2) is 10.1. The molecule has 7 heteroatoms. The van der Waals surface area contributed by atoms with Gasteiger partial charge in [-0.25, -0.2) is 9.37 Å². The van der Waals surface area contributed by atoms with Crippen LogP contribution in [0.4, 0.5) is 4.39 Å². The van der Waals surface area contributed by atoms with Gasteiger partial charge in [-0.2, -0.15) is 0 Å². The molecule has 2 heterocycles. The van der Waals surface area contributed by atoms with Crippen molar-refractivity contribution < 1.29 is 9.18 Å². The van der Waals surface area contributed by atoms with E-state index >= 15 is 0 Å².